The van der Waals surface area contributed by atoms with Crippen molar-refractivity contribution < 1.29 is 13.6 Å². The lowest BCUT2D eigenvalue weighted by atomic mass is 10.2. The second-order valence-electron chi connectivity index (χ2n) is 6.35. The number of hydrogen-bond donors (Lipinski definition) is 0. The van der Waals surface area contributed by atoms with E-state index in [0.717, 1.165) is 25.2 Å². The van der Waals surface area contributed by atoms with Crippen molar-refractivity contribution in [1.29, 1.82) is 0 Å². The van der Waals surface area contributed by atoms with E-state index >= 15 is 0 Å². The summed E-state index contributed by atoms with van der Waals surface area (Å²) in [6.07, 6.45) is 1.21. The van der Waals surface area contributed by atoms with Gasteiger partial charge < -0.3 is 4.90 Å². The molecule has 1 fully saturated rings. The van der Waals surface area contributed by atoms with Gasteiger partial charge in [0, 0.05) is 57.2 Å². The summed E-state index contributed by atoms with van der Waals surface area (Å²) in [5.74, 6) is -0.0898. The number of aromatic nitrogens is 4. The fourth-order valence-electron chi connectivity index (χ4n) is 3.00. The third kappa shape index (κ3) is 4.22. The van der Waals surface area contributed by atoms with E-state index in [2.05, 4.69) is 15.1 Å². The average Bonchev–Trinajstić information content (AvgIpc) is 3.14. The summed E-state index contributed by atoms with van der Waals surface area (Å²) in [5.41, 5.74) is 1.43. The molecule has 0 atom stereocenters. The molecule has 0 unspecified atom stereocenters. The number of piperazine rings is 1. The molecule has 9 heteroatoms. The molecule has 3 rings (SSSR count). The lowest BCUT2D eigenvalue weighted by molar-refractivity contribution is -0.133. The smallest absolute Gasteiger partial charge is 0.282 e. The Labute approximate surface area is 144 Å². The van der Waals surface area contributed by atoms with Crippen molar-refractivity contribution in [3.63, 3.8) is 0 Å². The van der Waals surface area contributed by atoms with Crippen LogP contribution in [0.3, 0.4) is 0 Å². The van der Waals surface area contributed by atoms with Gasteiger partial charge in [0.1, 0.15) is 12.2 Å². The summed E-state index contributed by atoms with van der Waals surface area (Å²) < 4.78 is 28.5. The Kier molecular flexibility index (Phi) is 5.12. The molecule has 0 radical (unpaired) electrons. The number of rotatable bonds is 5. The molecule has 0 bridgehead atoms. The Morgan fingerprint density at radius 3 is 2.56 bits per heavy atom. The van der Waals surface area contributed by atoms with E-state index in [4.69, 9.17) is 0 Å². The maximum Gasteiger partial charge on any atom is 0.282 e. The van der Waals surface area contributed by atoms with Crippen molar-refractivity contribution in [3.05, 3.63) is 35.4 Å². The number of carbonyl (C=O) groups excluding carboxylic acids is 1. The second-order valence-corrected chi connectivity index (χ2v) is 6.35. The monoisotopic (exact) mass is 352 g/mol. The zero-order valence-corrected chi connectivity index (χ0v) is 14.4. The Morgan fingerprint density at radius 2 is 2.00 bits per heavy atom. The van der Waals surface area contributed by atoms with Crippen molar-refractivity contribution in [2.75, 3.05) is 26.2 Å². The molecule has 136 valence electrons. The molecular formula is C16H22F2N6O. The van der Waals surface area contributed by atoms with Gasteiger partial charge in [0.2, 0.25) is 5.91 Å². The number of nitrogens with zero attached hydrogens (tertiary/aromatic N) is 6. The Bertz CT molecular complexity index is 733. The predicted molar refractivity (Wildman–Crippen MR) is 87.0 cm³/mol. The van der Waals surface area contributed by atoms with Crippen LogP contribution < -0.4 is 0 Å². The Balaban J connectivity index is 1.51. The Hall–Kier alpha value is -2.29. The van der Waals surface area contributed by atoms with Gasteiger partial charge >= 0.3 is 0 Å². The largest absolute Gasteiger partial charge is 0.339 e. The van der Waals surface area contributed by atoms with Crippen LogP contribution in [0, 0.1) is 6.92 Å². The highest BCUT2D eigenvalue weighted by molar-refractivity contribution is 5.76. The first kappa shape index (κ1) is 17.5. The van der Waals surface area contributed by atoms with Gasteiger partial charge in [0.15, 0.2) is 0 Å². The van der Waals surface area contributed by atoms with Crippen LogP contribution in [-0.4, -0.2) is 61.4 Å². The lowest BCUT2D eigenvalue weighted by Gasteiger charge is -2.34. The summed E-state index contributed by atoms with van der Waals surface area (Å²) in [7, 11) is 1.89. The first-order valence-electron chi connectivity index (χ1n) is 8.22. The van der Waals surface area contributed by atoms with Crippen LogP contribution in [0.25, 0.3) is 0 Å². The van der Waals surface area contributed by atoms with Gasteiger partial charge in [-0.2, -0.15) is 10.2 Å². The lowest BCUT2D eigenvalue weighted by Crippen LogP contribution is -2.49. The summed E-state index contributed by atoms with van der Waals surface area (Å²) in [6.45, 7) is 5.30. The number of amides is 1. The maximum atomic E-state index is 12.7. The normalized spacial score (nSPS) is 16.0. The van der Waals surface area contributed by atoms with Crippen molar-refractivity contribution in [2.24, 2.45) is 7.05 Å². The minimum Gasteiger partial charge on any atom is -0.339 e. The summed E-state index contributed by atoms with van der Waals surface area (Å²) in [5, 5.41) is 7.97. The summed E-state index contributed by atoms with van der Waals surface area (Å²) >= 11 is 0. The van der Waals surface area contributed by atoms with E-state index < -0.39 is 6.43 Å². The topological polar surface area (TPSA) is 59.2 Å². The van der Waals surface area contributed by atoms with Gasteiger partial charge in [-0.1, -0.05) is 0 Å². The van der Waals surface area contributed by atoms with E-state index in [0.29, 0.717) is 18.8 Å². The standard InChI is InChI=1S/C16H22F2N6O/c1-12-7-14(16(17)18)20-24(12)11-15(25)23-5-3-22(4-6-23)10-13-8-19-21(2)9-13/h7-9,16H,3-6,10-11H2,1-2H3. The third-order valence-corrected chi connectivity index (χ3v) is 4.40. The molecule has 1 aliphatic heterocycles. The number of hydrogen-bond acceptors (Lipinski definition) is 4. The molecule has 1 saturated heterocycles. The minimum atomic E-state index is -2.62. The highest BCUT2D eigenvalue weighted by Crippen LogP contribution is 2.18. The molecule has 0 spiro atoms. The number of carbonyl (C=O) groups is 1. The van der Waals surface area contributed by atoms with Crippen molar-refractivity contribution in [3.8, 4) is 0 Å². The molecule has 0 aromatic carbocycles. The quantitative estimate of drug-likeness (QED) is 0.812. The molecule has 7 nitrogen and oxygen atoms in total. The van der Waals surface area contributed by atoms with Crippen molar-refractivity contribution in [1.82, 2.24) is 29.4 Å². The highest BCUT2D eigenvalue weighted by Gasteiger charge is 2.23. The van der Waals surface area contributed by atoms with E-state index in [1.807, 2.05) is 19.4 Å². The van der Waals surface area contributed by atoms with Gasteiger partial charge in [0.05, 0.1) is 6.20 Å². The fraction of sp³-hybridized carbons (Fsp3) is 0.562. The summed E-state index contributed by atoms with van der Waals surface area (Å²) in [4.78, 5) is 16.5. The molecule has 25 heavy (non-hydrogen) atoms. The van der Waals surface area contributed by atoms with Crippen LogP contribution in [0.5, 0.6) is 0 Å². The van der Waals surface area contributed by atoms with Crippen molar-refractivity contribution >= 4 is 5.91 Å². The van der Waals surface area contributed by atoms with Crippen LogP contribution in [0.2, 0.25) is 0 Å². The number of aryl methyl sites for hydroxylation is 2. The van der Waals surface area contributed by atoms with Crippen LogP contribution in [0.15, 0.2) is 18.5 Å². The minimum absolute atomic E-state index is 0.00115. The summed E-state index contributed by atoms with van der Waals surface area (Å²) in [6, 6.07) is 1.32. The zero-order valence-electron chi connectivity index (χ0n) is 14.4. The zero-order chi connectivity index (χ0) is 18.0. The van der Waals surface area contributed by atoms with Crippen molar-refractivity contribution in [2.45, 2.75) is 26.4 Å². The number of halogens is 2. The average molecular weight is 352 g/mol. The van der Waals surface area contributed by atoms with Gasteiger partial charge in [-0.3, -0.25) is 19.1 Å². The van der Waals surface area contributed by atoms with E-state index in [9.17, 15) is 13.6 Å². The van der Waals surface area contributed by atoms with E-state index in [1.165, 1.54) is 10.7 Å². The molecule has 1 amide bonds. The van der Waals surface area contributed by atoms with Crippen LogP contribution in [0.1, 0.15) is 23.4 Å². The molecule has 0 aliphatic carbocycles. The van der Waals surface area contributed by atoms with Gasteiger partial charge in [0.25, 0.3) is 6.43 Å². The first-order chi connectivity index (χ1) is 11.9. The molecule has 1 aliphatic rings. The maximum absolute atomic E-state index is 12.7. The first-order valence-corrected chi connectivity index (χ1v) is 8.22. The molecule has 0 saturated carbocycles. The molecule has 2 aromatic rings. The van der Waals surface area contributed by atoms with Crippen LogP contribution >= 0.6 is 0 Å². The third-order valence-electron chi connectivity index (χ3n) is 4.40. The van der Waals surface area contributed by atoms with E-state index in [-0.39, 0.29) is 18.1 Å². The van der Waals surface area contributed by atoms with Gasteiger partial charge in [-0.25, -0.2) is 8.78 Å². The molecule has 0 N–H and O–H groups in total. The molecule has 3 heterocycles. The predicted octanol–water partition coefficient (Wildman–Crippen LogP) is 1.21. The molecular weight excluding hydrogens is 330 g/mol. The van der Waals surface area contributed by atoms with Crippen LogP contribution in [-0.2, 0) is 24.9 Å². The van der Waals surface area contributed by atoms with Gasteiger partial charge in [-0.15, -0.1) is 0 Å². The second kappa shape index (κ2) is 7.30. The fourth-order valence-corrected chi connectivity index (χ4v) is 3.00. The van der Waals surface area contributed by atoms with Crippen LogP contribution in [0.4, 0.5) is 8.78 Å². The highest BCUT2D eigenvalue weighted by atomic mass is 19.3. The SMILES string of the molecule is Cc1cc(C(F)F)nn1CC(=O)N1CCN(Cc2cnn(C)c2)CC1. The molecule has 2 aromatic heterocycles. The van der Waals surface area contributed by atoms with Gasteiger partial charge in [-0.05, 0) is 13.0 Å². The van der Waals surface area contributed by atoms with E-state index in [1.54, 1.807) is 16.5 Å². The Morgan fingerprint density at radius 1 is 1.28 bits per heavy atom. The number of alkyl halides is 2.